The second-order valence-electron chi connectivity index (χ2n) is 11.3. The summed E-state index contributed by atoms with van der Waals surface area (Å²) in [4.78, 5) is 14.7. The Hall–Kier alpha value is -3.25. The molecule has 0 aliphatic carbocycles. The first-order valence-electron chi connectivity index (χ1n) is 12.7. The van der Waals surface area contributed by atoms with Gasteiger partial charge in [-0.2, -0.15) is 0 Å². The van der Waals surface area contributed by atoms with Crippen LogP contribution in [0.2, 0.25) is 17.3 Å². The zero-order valence-electron chi connectivity index (χ0n) is 22.0. The number of hydrogen-bond donors (Lipinski definition) is 0. The molecule has 0 saturated heterocycles. The molecule has 0 atom stereocenters. The summed E-state index contributed by atoms with van der Waals surface area (Å²) in [5.74, 6) is 8.43. The number of hydrogen-bond acceptors (Lipinski definition) is 4. The first kappa shape index (κ1) is 23.2. The maximum absolute atomic E-state index is 6.42. The zero-order chi connectivity index (χ0) is 25.4. The van der Waals surface area contributed by atoms with Crippen molar-refractivity contribution in [3.63, 3.8) is 0 Å². The normalized spacial score (nSPS) is 12.6. The third-order valence-electron chi connectivity index (χ3n) is 7.19. The van der Waals surface area contributed by atoms with E-state index in [2.05, 4.69) is 92.6 Å². The summed E-state index contributed by atoms with van der Waals surface area (Å²) in [6.07, 6.45) is 0. The predicted molar refractivity (Wildman–Crippen MR) is 154 cm³/mol. The molecule has 0 saturated carbocycles. The van der Waals surface area contributed by atoms with Crippen LogP contribution in [0.5, 0.6) is 0 Å². The number of pyridine rings is 1. The van der Waals surface area contributed by atoms with Crippen molar-refractivity contribution in [2.45, 2.75) is 50.9 Å². The van der Waals surface area contributed by atoms with Gasteiger partial charge in [0.15, 0.2) is 0 Å². The van der Waals surface area contributed by atoms with Crippen LogP contribution in [0.25, 0.3) is 55.0 Å². The SMILES string of the molecule is Cc1nc(-c2cccc3c2oc2nc(C(C)C)ccc23)c2ccc3c[c]([Ge]([CH3])([CH3])[CH3])cc(C)c3c2n1. The average molecular weight is 534 g/mol. The Morgan fingerprint density at radius 3 is 2.33 bits per heavy atom. The van der Waals surface area contributed by atoms with Crippen LogP contribution in [0.1, 0.15) is 36.8 Å². The van der Waals surface area contributed by atoms with Crippen molar-refractivity contribution in [1.29, 1.82) is 0 Å². The summed E-state index contributed by atoms with van der Waals surface area (Å²) in [6, 6.07) is 19.7. The fraction of sp³-hybridized carbons (Fsp3) is 0.258. The molecule has 0 amide bonds. The molecule has 3 heterocycles. The number of furan rings is 1. The summed E-state index contributed by atoms with van der Waals surface area (Å²) in [5, 5.41) is 5.62. The molecular weight excluding hydrogens is 503 g/mol. The first-order chi connectivity index (χ1) is 17.1. The van der Waals surface area contributed by atoms with E-state index < -0.39 is 13.3 Å². The van der Waals surface area contributed by atoms with Gasteiger partial charge in [-0.25, -0.2) is 0 Å². The average Bonchev–Trinajstić information content (AvgIpc) is 3.20. The topological polar surface area (TPSA) is 51.8 Å². The molecule has 180 valence electrons. The second kappa shape index (κ2) is 8.14. The Balaban J connectivity index is 1.66. The Morgan fingerprint density at radius 2 is 1.58 bits per heavy atom. The standard InChI is InChI=1S/C31H31GeN3O/c1-17(2)26-14-13-23-22-9-8-10-25(30(22)36-31(23)35-26)28-24-12-11-20-16-21(32(5,6)7)15-18(3)27(20)29(24)34-19(4)33-28/h8-17H,1-7H3. The van der Waals surface area contributed by atoms with E-state index in [9.17, 15) is 0 Å². The van der Waals surface area contributed by atoms with E-state index in [1.54, 1.807) is 0 Å². The van der Waals surface area contributed by atoms with Gasteiger partial charge in [0, 0.05) is 5.69 Å². The molecule has 6 aromatic rings. The van der Waals surface area contributed by atoms with Crippen LogP contribution >= 0.6 is 0 Å². The predicted octanol–water partition coefficient (Wildman–Crippen LogP) is 8.03. The van der Waals surface area contributed by atoms with Gasteiger partial charge < -0.3 is 0 Å². The van der Waals surface area contributed by atoms with Gasteiger partial charge in [0.2, 0.25) is 0 Å². The van der Waals surface area contributed by atoms with Gasteiger partial charge in [-0.15, -0.1) is 0 Å². The Kier molecular flexibility index (Phi) is 5.24. The van der Waals surface area contributed by atoms with Gasteiger partial charge in [-0.1, -0.05) is 13.8 Å². The number of benzene rings is 3. The number of aromatic nitrogens is 3. The second-order valence-corrected chi connectivity index (χ2v) is 21.9. The number of para-hydroxylation sites is 1. The molecule has 4 nitrogen and oxygen atoms in total. The van der Waals surface area contributed by atoms with Gasteiger partial charge in [0.25, 0.3) is 0 Å². The summed E-state index contributed by atoms with van der Waals surface area (Å²) in [5.41, 5.74) is 6.72. The van der Waals surface area contributed by atoms with Crippen molar-refractivity contribution in [2.75, 3.05) is 0 Å². The van der Waals surface area contributed by atoms with E-state index in [-0.39, 0.29) is 0 Å². The van der Waals surface area contributed by atoms with Gasteiger partial charge in [0.05, 0.1) is 0 Å². The molecule has 0 unspecified atom stereocenters. The number of fused-ring (bicyclic) bond motifs is 6. The van der Waals surface area contributed by atoms with Crippen LogP contribution in [0, 0.1) is 13.8 Å². The van der Waals surface area contributed by atoms with E-state index >= 15 is 0 Å². The van der Waals surface area contributed by atoms with Crippen molar-refractivity contribution in [2.24, 2.45) is 0 Å². The fourth-order valence-electron chi connectivity index (χ4n) is 5.21. The van der Waals surface area contributed by atoms with Crippen LogP contribution in [-0.4, -0.2) is 28.2 Å². The van der Waals surface area contributed by atoms with Gasteiger partial charge in [-0.05, 0) is 12.0 Å². The van der Waals surface area contributed by atoms with E-state index in [1.807, 2.05) is 6.92 Å². The quantitative estimate of drug-likeness (QED) is 0.170. The zero-order valence-corrected chi connectivity index (χ0v) is 24.1. The van der Waals surface area contributed by atoms with E-state index in [4.69, 9.17) is 19.4 Å². The van der Waals surface area contributed by atoms with Crippen molar-refractivity contribution >= 4 is 61.4 Å². The molecule has 0 spiro atoms. The molecular formula is C31H31GeN3O. The molecule has 3 aromatic carbocycles. The summed E-state index contributed by atoms with van der Waals surface area (Å²) >= 11 is -1.96. The third kappa shape index (κ3) is 3.62. The van der Waals surface area contributed by atoms with E-state index in [0.717, 1.165) is 50.0 Å². The van der Waals surface area contributed by atoms with Crippen LogP contribution < -0.4 is 4.40 Å². The van der Waals surface area contributed by atoms with E-state index in [0.29, 0.717) is 11.6 Å². The molecule has 0 radical (unpaired) electrons. The first-order valence-corrected chi connectivity index (χ1v) is 20.0. The minimum absolute atomic E-state index is 0.342. The number of aryl methyl sites for hydroxylation is 2. The van der Waals surface area contributed by atoms with E-state index in [1.165, 1.54) is 20.7 Å². The van der Waals surface area contributed by atoms with Crippen LogP contribution in [0.4, 0.5) is 0 Å². The molecule has 0 aliphatic heterocycles. The molecule has 0 aliphatic rings. The van der Waals surface area contributed by atoms with Crippen LogP contribution in [-0.2, 0) is 0 Å². The van der Waals surface area contributed by atoms with Crippen LogP contribution in [0.3, 0.4) is 0 Å². The van der Waals surface area contributed by atoms with Crippen LogP contribution in [0.15, 0.2) is 59.0 Å². The Labute approximate surface area is 214 Å². The number of rotatable bonds is 3. The fourth-order valence-corrected chi connectivity index (χ4v) is 7.81. The molecule has 0 N–H and O–H groups in total. The third-order valence-corrected chi connectivity index (χ3v) is 11.4. The molecule has 6 rings (SSSR count). The van der Waals surface area contributed by atoms with Gasteiger partial charge in [-0.3, -0.25) is 0 Å². The summed E-state index contributed by atoms with van der Waals surface area (Å²) in [7, 11) is 0. The number of nitrogens with zero attached hydrogens (tertiary/aromatic N) is 3. The Morgan fingerprint density at radius 1 is 0.806 bits per heavy atom. The summed E-state index contributed by atoms with van der Waals surface area (Å²) in [6.45, 7) is 8.50. The van der Waals surface area contributed by atoms with Gasteiger partial charge in [0.1, 0.15) is 0 Å². The maximum atomic E-state index is 6.42. The Bertz CT molecular complexity index is 1830. The molecule has 36 heavy (non-hydrogen) atoms. The van der Waals surface area contributed by atoms with Crippen molar-refractivity contribution in [1.82, 2.24) is 15.0 Å². The van der Waals surface area contributed by atoms with Crippen molar-refractivity contribution in [3.8, 4) is 11.3 Å². The monoisotopic (exact) mass is 535 g/mol. The minimum atomic E-state index is -1.96. The van der Waals surface area contributed by atoms with Crippen molar-refractivity contribution < 1.29 is 4.42 Å². The molecule has 3 aromatic heterocycles. The molecule has 5 heteroatoms. The molecule has 0 bridgehead atoms. The molecule has 0 fully saturated rings. The van der Waals surface area contributed by atoms with Crippen molar-refractivity contribution in [3.05, 3.63) is 71.7 Å². The van der Waals surface area contributed by atoms with Gasteiger partial charge >= 0.3 is 183 Å². The summed E-state index contributed by atoms with van der Waals surface area (Å²) < 4.78 is 7.94.